The van der Waals surface area contributed by atoms with E-state index in [0.29, 0.717) is 43.6 Å². The SMILES string of the molecule is NC(=O)C1(N2CCCCC2)CCN(C(C(=O)NCc2cc(C(F)(F)F)cc(C(F)(F)F)c2)c2ccccc2)CC1.[HH]. The number of piperidine rings is 2. The van der Waals surface area contributed by atoms with E-state index >= 15 is 0 Å². The minimum Gasteiger partial charge on any atom is -0.368 e. The number of benzene rings is 2. The maximum absolute atomic E-state index is 13.5. The largest absolute Gasteiger partial charge is 0.416 e. The normalized spacial score (nSPS) is 19.6. The summed E-state index contributed by atoms with van der Waals surface area (Å²) in [6, 6.07) is 9.12. The zero-order valence-corrected chi connectivity index (χ0v) is 21.8. The van der Waals surface area contributed by atoms with Crippen molar-refractivity contribution in [3.05, 3.63) is 70.8 Å². The number of likely N-dealkylation sites (tertiary alicyclic amines) is 2. The van der Waals surface area contributed by atoms with E-state index in [0.717, 1.165) is 32.4 Å². The second-order valence-electron chi connectivity index (χ2n) is 10.4. The molecule has 0 bridgehead atoms. The Morgan fingerprint density at radius 3 is 1.93 bits per heavy atom. The first-order valence-electron chi connectivity index (χ1n) is 13.2. The Labute approximate surface area is 230 Å². The number of hydrogen-bond acceptors (Lipinski definition) is 4. The van der Waals surface area contributed by atoms with Crippen LogP contribution in [0.15, 0.2) is 48.5 Å². The van der Waals surface area contributed by atoms with Crippen molar-refractivity contribution in [1.29, 1.82) is 0 Å². The van der Waals surface area contributed by atoms with Crippen LogP contribution in [0.4, 0.5) is 26.3 Å². The molecule has 2 aromatic rings. The molecule has 2 amide bonds. The van der Waals surface area contributed by atoms with Gasteiger partial charge in [0.05, 0.1) is 11.1 Å². The van der Waals surface area contributed by atoms with Gasteiger partial charge in [0.1, 0.15) is 11.6 Å². The summed E-state index contributed by atoms with van der Waals surface area (Å²) in [4.78, 5) is 30.1. The van der Waals surface area contributed by atoms with Crippen LogP contribution in [0.5, 0.6) is 0 Å². The van der Waals surface area contributed by atoms with E-state index in [2.05, 4.69) is 10.2 Å². The van der Waals surface area contributed by atoms with Crippen molar-refractivity contribution in [2.75, 3.05) is 26.2 Å². The Hall–Kier alpha value is -3.12. The van der Waals surface area contributed by atoms with Gasteiger partial charge in [-0.3, -0.25) is 19.4 Å². The van der Waals surface area contributed by atoms with Crippen LogP contribution in [-0.2, 0) is 28.5 Å². The van der Waals surface area contributed by atoms with Crippen LogP contribution in [0.2, 0.25) is 0 Å². The fourth-order valence-electron chi connectivity index (χ4n) is 5.76. The van der Waals surface area contributed by atoms with E-state index < -0.39 is 53.4 Å². The first-order valence-corrected chi connectivity index (χ1v) is 13.2. The molecule has 1 atom stereocenters. The second-order valence-corrected chi connectivity index (χ2v) is 10.4. The number of nitrogens with one attached hydrogen (secondary N) is 1. The first kappa shape index (κ1) is 29.9. The van der Waals surface area contributed by atoms with Gasteiger partial charge < -0.3 is 11.1 Å². The lowest BCUT2D eigenvalue weighted by Crippen LogP contribution is -2.63. The monoisotopic (exact) mass is 572 g/mol. The van der Waals surface area contributed by atoms with Gasteiger partial charge in [0.2, 0.25) is 11.8 Å². The van der Waals surface area contributed by atoms with Crippen molar-refractivity contribution in [3.63, 3.8) is 0 Å². The smallest absolute Gasteiger partial charge is 0.368 e. The molecule has 2 heterocycles. The summed E-state index contributed by atoms with van der Waals surface area (Å²) in [6.07, 6.45) is -6.13. The predicted octanol–water partition coefficient (Wildman–Crippen LogP) is 5.13. The maximum atomic E-state index is 13.5. The molecule has 0 spiro atoms. The van der Waals surface area contributed by atoms with Crippen LogP contribution in [0.1, 0.15) is 61.8 Å². The molecule has 12 heteroatoms. The van der Waals surface area contributed by atoms with Gasteiger partial charge in [0.15, 0.2) is 0 Å². The lowest BCUT2D eigenvalue weighted by atomic mass is 9.82. The lowest BCUT2D eigenvalue weighted by Gasteiger charge is -2.49. The molecule has 4 rings (SSSR count). The number of nitrogens with zero attached hydrogens (tertiary/aromatic N) is 2. The summed E-state index contributed by atoms with van der Waals surface area (Å²) < 4.78 is 79.7. The number of hydrogen-bond donors (Lipinski definition) is 2. The van der Waals surface area contributed by atoms with E-state index in [1.165, 1.54) is 0 Å². The molecule has 0 aliphatic carbocycles. The first-order chi connectivity index (χ1) is 18.8. The topological polar surface area (TPSA) is 78.7 Å². The zero-order chi connectivity index (χ0) is 29.1. The van der Waals surface area contributed by atoms with Crippen LogP contribution in [0.25, 0.3) is 0 Å². The summed E-state index contributed by atoms with van der Waals surface area (Å²) in [7, 11) is 0. The van der Waals surface area contributed by atoms with Crippen LogP contribution in [0, 0.1) is 0 Å². The molecule has 2 aliphatic rings. The van der Waals surface area contributed by atoms with E-state index in [9.17, 15) is 35.9 Å². The molecular formula is C28H34F6N4O2. The number of carbonyl (C=O) groups is 2. The van der Waals surface area contributed by atoms with E-state index in [1.54, 1.807) is 30.3 Å². The number of rotatable bonds is 7. The Morgan fingerprint density at radius 2 is 1.43 bits per heavy atom. The number of halogens is 6. The van der Waals surface area contributed by atoms with Crippen molar-refractivity contribution >= 4 is 11.8 Å². The fourth-order valence-corrected chi connectivity index (χ4v) is 5.76. The summed E-state index contributed by atoms with van der Waals surface area (Å²) >= 11 is 0. The van der Waals surface area contributed by atoms with Gasteiger partial charge in [0.25, 0.3) is 0 Å². The fraction of sp³-hybridized carbons (Fsp3) is 0.500. The number of primary amides is 1. The average Bonchev–Trinajstić information content (AvgIpc) is 2.92. The number of nitrogens with two attached hydrogens (primary N) is 1. The minimum absolute atomic E-state index is 0. The van der Waals surface area contributed by atoms with Gasteiger partial charge in [-0.1, -0.05) is 36.8 Å². The number of carbonyl (C=O) groups excluding carboxylic acids is 2. The molecule has 2 fully saturated rings. The summed E-state index contributed by atoms with van der Waals surface area (Å²) in [5.41, 5.74) is 2.48. The Balaban J connectivity index is 0.00000462. The highest BCUT2D eigenvalue weighted by Gasteiger charge is 2.47. The maximum Gasteiger partial charge on any atom is 0.416 e. The van der Waals surface area contributed by atoms with E-state index in [-0.39, 0.29) is 13.1 Å². The molecule has 0 radical (unpaired) electrons. The minimum atomic E-state index is -4.98. The predicted molar refractivity (Wildman–Crippen MR) is 138 cm³/mol. The highest BCUT2D eigenvalue weighted by atomic mass is 19.4. The van der Waals surface area contributed by atoms with Crippen molar-refractivity contribution in [2.45, 2.75) is 62.6 Å². The molecule has 2 saturated heterocycles. The van der Waals surface area contributed by atoms with Crippen LogP contribution in [0.3, 0.4) is 0 Å². The zero-order valence-electron chi connectivity index (χ0n) is 21.8. The standard InChI is InChI=1S/C28H32F6N4O2.H2/c29-27(30,31)21-15-19(16-22(17-21)28(32,33)34)18-36-24(39)23(20-7-3-1-4-8-20)37-13-9-26(10-14-37,25(35)40)38-11-5-2-6-12-38;/h1,3-4,7-8,15-17,23H,2,5-6,9-14,18H2,(H2,35,40)(H,36,39);1H. The number of amides is 2. The van der Waals surface area contributed by atoms with E-state index in [1.807, 2.05) is 4.90 Å². The molecule has 2 aromatic carbocycles. The van der Waals surface area contributed by atoms with Crippen LogP contribution < -0.4 is 11.1 Å². The molecule has 0 saturated carbocycles. The molecule has 220 valence electrons. The van der Waals surface area contributed by atoms with Gasteiger partial charge in [-0.15, -0.1) is 0 Å². The molecule has 2 aliphatic heterocycles. The highest BCUT2D eigenvalue weighted by molar-refractivity contribution is 5.85. The van der Waals surface area contributed by atoms with Crippen LogP contribution in [-0.4, -0.2) is 53.3 Å². The Bertz CT molecular complexity index is 1160. The average molecular weight is 573 g/mol. The second kappa shape index (κ2) is 11.8. The lowest BCUT2D eigenvalue weighted by molar-refractivity contribution is -0.143. The molecule has 0 aromatic heterocycles. The molecule has 3 N–H and O–H groups in total. The van der Waals surface area contributed by atoms with Crippen molar-refractivity contribution in [2.24, 2.45) is 5.73 Å². The van der Waals surface area contributed by atoms with Crippen LogP contribution >= 0.6 is 0 Å². The summed E-state index contributed by atoms with van der Waals surface area (Å²) in [5.74, 6) is -0.971. The molecular weight excluding hydrogens is 538 g/mol. The number of alkyl halides is 6. The third-order valence-electron chi connectivity index (χ3n) is 7.89. The third kappa shape index (κ3) is 6.60. The summed E-state index contributed by atoms with van der Waals surface area (Å²) in [6.45, 7) is 1.72. The quantitative estimate of drug-likeness (QED) is 0.451. The molecule has 6 nitrogen and oxygen atoms in total. The molecule has 1 unspecified atom stereocenters. The van der Waals surface area contributed by atoms with E-state index in [4.69, 9.17) is 5.73 Å². The van der Waals surface area contributed by atoms with Gasteiger partial charge in [-0.2, -0.15) is 26.3 Å². The Kier molecular flexibility index (Phi) is 8.79. The third-order valence-corrected chi connectivity index (χ3v) is 7.89. The van der Waals surface area contributed by atoms with Gasteiger partial charge in [0, 0.05) is 21.1 Å². The van der Waals surface area contributed by atoms with Crippen molar-refractivity contribution in [1.82, 2.24) is 15.1 Å². The van der Waals surface area contributed by atoms with Crippen molar-refractivity contribution in [3.8, 4) is 0 Å². The van der Waals surface area contributed by atoms with Gasteiger partial charge in [-0.05, 0) is 68.1 Å². The van der Waals surface area contributed by atoms with Gasteiger partial charge in [-0.25, -0.2) is 0 Å². The van der Waals surface area contributed by atoms with Gasteiger partial charge >= 0.3 is 12.4 Å². The molecule has 40 heavy (non-hydrogen) atoms. The summed E-state index contributed by atoms with van der Waals surface area (Å²) in [5, 5.41) is 2.54. The highest BCUT2D eigenvalue weighted by Crippen LogP contribution is 2.37. The Morgan fingerprint density at radius 1 is 0.875 bits per heavy atom. The van der Waals surface area contributed by atoms with Crippen molar-refractivity contribution < 1.29 is 37.4 Å².